The number of carbonyl (C=O) groups is 1. The molecule has 2 unspecified atom stereocenters. The van der Waals surface area contributed by atoms with E-state index in [1.165, 1.54) is 31.2 Å². The van der Waals surface area contributed by atoms with Crippen molar-refractivity contribution < 1.29 is 4.79 Å². The number of anilines is 2. The molecule has 1 aliphatic heterocycles. The molecule has 1 aromatic carbocycles. The van der Waals surface area contributed by atoms with E-state index in [1.807, 2.05) is 17.0 Å². The van der Waals surface area contributed by atoms with E-state index in [-0.39, 0.29) is 0 Å². The van der Waals surface area contributed by atoms with Gasteiger partial charge in [-0.3, -0.25) is 4.79 Å². The zero-order chi connectivity index (χ0) is 13.0. The van der Waals surface area contributed by atoms with Crippen LogP contribution in [0.3, 0.4) is 0 Å². The second-order valence-electron chi connectivity index (χ2n) is 6.27. The van der Waals surface area contributed by atoms with Crippen LogP contribution in [0.1, 0.15) is 31.2 Å². The number of nitrogens with two attached hydrogens (primary N) is 1. The first-order chi connectivity index (χ1) is 9.25. The van der Waals surface area contributed by atoms with Crippen LogP contribution in [0.15, 0.2) is 18.2 Å². The third-order valence-corrected chi connectivity index (χ3v) is 5.21. The molecule has 100 valence electrons. The smallest absolute Gasteiger partial charge is 0.230 e. The lowest BCUT2D eigenvalue weighted by atomic mass is 10.0. The van der Waals surface area contributed by atoms with Gasteiger partial charge >= 0.3 is 0 Å². The first-order valence-corrected chi connectivity index (χ1v) is 7.45. The summed E-state index contributed by atoms with van der Waals surface area (Å²) in [6.07, 6.45) is 6.13. The van der Waals surface area contributed by atoms with E-state index in [9.17, 15) is 4.79 Å². The van der Waals surface area contributed by atoms with Gasteiger partial charge in [-0.25, -0.2) is 0 Å². The molecular formula is C16H20N2O. The number of hydrogen-bond acceptors (Lipinski definition) is 2. The lowest BCUT2D eigenvalue weighted by Gasteiger charge is -2.18. The van der Waals surface area contributed by atoms with Crippen LogP contribution in [0.2, 0.25) is 0 Å². The molecule has 2 saturated carbocycles. The van der Waals surface area contributed by atoms with Crippen LogP contribution in [-0.4, -0.2) is 12.5 Å². The van der Waals surface area contributed by atoms with Gasteiger partial charge < -0.3 is 10.6 Å². The van der Waals surface area contributed by atoms with Crippen molar-refractivity contribution in [1.82, 2.24) is 0 Å². The number of benzene rings is 1. The highest BCUT2D eigenvalue weighted by Gasteiger charge is 2.56. The zero-order valence-electron chi connectivity index (χ0n) is 11.1. The van der Waals surface area contributed by atoms with Crippen molar-refractivity contribution in [3.8, 4) is 0 Å². The van der Waals surface area contributed by atoms with Gasteiger partial charge in [-0.05, 0) is 48.8 Å². The van der Waals surface area contributed by atoms with Crippen LogP contribution in [-0.2, 0) is 11.2 Å². The Morgan fingerprint density at radius 1 is 1.21 bits per heavy atom. The summed E-state index contributed by atoms with van der Waals surface area (Å²) in [4.78, 5) is 14.7. The highest BCUT2D eigenvalue weighted by atomic mass is 16.2. The number of carbonyl (C=O) groups excluding carboxylic acids is 1. The van der Waals surface area contributed by atoms with E-state index in [2.05, 4.69) is 6.07 Å². The van der Waals surface area contributed by atoms with Crippen molar-refractivity contribution in [2.24, 2.45) is 17.8 Å². The Balaban J connectivity index is 1.58. The summed E-state index contributed by atoms with van der Waals surface area (Å²) in [5.41, 5.74) is 8.95. The maximum atomic E-state index is 12.7. The van der Waals surface area contributed by atoms with E-state index in [0.717, 1.165) is 24.3 Å². The largest absolute Gasteiger partial charge is 0.399 e. The standard InChI is InChI=1S/C16H20N2O/c17-11-6-5-10-7-8-18(14(10)9-11)16(19)15-12-3-1-2-4-13(12)15/h5-6,9,12-13,15H,1-4,7-8,17H2. The summed E-state index contributed by atoms with van der Waals surface area (Å²) in [5, 5.41) is 0. The lowest BCUT2D eigenvalue weighted by Crippen LogP contribution is -2.31. The number of nitrogens with zero attached hydrogens (tertiary/aromatic N) is 1. The molecule has 0 saturated heterocycles. The molecule has 3 aliphatic rings. The van der Waals surface area contributed by atoms with Gasteiger partial charge in [-0.2, -0.15) is 0 Å². The first-order valence-electron chi connectivity index (χ1n) is 7.45. The normalized spacial score (nSPS) is 31.8. The third kappa shape index (κ3) is 1.67. The van der Waals surface area contributed by atoms with Crippen molar-refractivity contribution >= 4 is 17.3 Å². The Labute approximate surface area is 113 Å². The van der Waals surface area contributed by atoms with Crippen LogP contribution in [0.25, 0.3) is 0 Å². The quantitative estimate of drug-likeness (QED) is 0.785. The molecule has 0 bridgehead atoms. The lowest BCUT2D eigenvalue weighted by molar-refractivity contribution is -0.120. The highest BCUT2D eigenvalue weighted by molar-refractivity contribution is 5.99. The van der Waals surface area contributed by atoms with Crippen molar-refractivity contribution in [3.05, 3.63) is 23.8 Å². The van der Waals surface area contributed by atoms with E-state index < -0.39 is 0 Å². The zero-order valence-corrected chi connectivity index (χ0v) is 11.1. The van der Waals surface area contributed by atoms with Gasteiger partial charge in [0.05, 0.1) is 0 Å². The molecule has 0 aromatic heterocycles. The minimum atomic E-state index is 0.315. The van der Waals surface area contributed by atoms with Gasteiger partial charge in [0, 0.05) is 23.8 Å². The van der Waals surface area contributed by atoms with Gasteiger partial charge in [0.2, 0.25) is 5.91 Å². The van der Waals surface area contributed by atoms with E-state index in [4.69, 9.17) is 5.73 Å². The molecular weight excluding hydrogens is 236 g/mol. The average molecular weight is 256 g/mol. The van der Waals surface area contributed by atoms with Crippen molar-refractivity contribution in [2.75, 3.05) is 17.2 Å². The minimum absolute atomic E-state index is 0.315. The molecule has 2 atom stereocenters. The molecule has 2 fully saturated rings. The minimum Gasteiger partial charge on any atom is -0.399 e. The van der Waals surface area contributed by atoms with Gasteiger partial charge in [0.25, 0.3) is 0 Å². The number of rotatable bonds is 1. The number of amides is 1. The fourth-order valence-electron chi connectivity index (χ4n) is 4.16. The van der Waals surface area contributed by atoms with Gasteiger partial charge in [-0.1, -0.05) is 18.9 Å². The van der Waals surface area contributed by atoms with E-state index in [1.54, 1.807) is 0 Å². The fourth-order valence-corrected chi connectivity index (χ4v) is 4.16. The van der Waals surface area contributed by atoms with Crippen LogP contribution in [0, 0.1) is 17.8 Å². The van der Waals surface area contributed by atoms with Gasteiger partial charge in [-0.15, -0.1) is 0 Å². The van der Waals surface area contributed by atoms with Crippen LogP contribution in [0.5, 0.6) is 0 Å². The molecule has 3 heteroatoms. The van der Waals surface area contributed by atoms with Gasteiger partial charge in [0.15, 0.2) is 0 Å². The molecule has 0 radical (unpaired) electrons. The second kappa shape index (κ2) is 3.99. The van der Waals surface area contributed by atoms with Crippen molar-refractivity contribution in [3.63, 3.8) is 0 Å². The van der Waals surface area contributed by atoms with E-state index >= 15 is 0 Å². The van der Waals surface area contributed by atoms with Crippen molar-refractivity contribution in [1.29, 1.82) is 0 Å². The summed E-state index contributed by atoms with van der Waals surface area (Å²) in [6, 6.07) is 5.97. The Hall–Kier alpha value is -1.51. The Bertz CT molecular complexity index is 528. The molecule has 0 spiro atoms. The summed E-state index contributed by atoms with van der Waals surface area (Å²) < 4.78 is 0. The van der Waals surface area contributed by atoms with Crippen molar-refractivity contribution in [2.45, 2.75) is 32.1 Å². The molecule has 4 rings (SSSR count). The monoisotopic (exact) mass is 256 g/mol. The second-order valence-corrected chi connectivity index (χ2v) is 6.27. The molecule has 1 aromatic rings. The molecule has 2 N–H and O–H groups in total. The Kier molecular flexibility index (Phi) is 2.38. The third-order valence-electron chi connectivity index (χ3n) is 5.21. The highest BCUT2D eigenvalue weighted by Crippen LogP contribution is 2.56. The number of fused-ring (bicyclic) bond motifs is 2. The summed E-state index contributed by atoms with van der Waals surface area (Å²) in [6.45, 7) is 0.841. The van der Waals surface area contributed by atoms with Crippen LogP contribution in [0.4, 0.5) is 11.4 Å². The summed E-state index contributed by atoms with van der Waals surface area (Å²) in [5.74, 6) is 2.05. The Morgan fingerprint density at radius 2 is 1.95 bits per heavy atom. The predicted octanol–water partition coefficient (Wildman–Crippen LogP) is 2.59. The fraction of sp³-hybridized carbons (Fsp3) is 0.562. The maximum Gasteiger partial charge on any atom is 0.230 e. The topological polar surface area (TPSA) is 46.3 Å². The summed E-state index contributed by atoms with van der Waals surface area (Å²) in [7, 11) is 0. The van der Waals surface area contributed by atoms with E-state index in [0.29, 0.717) is 23.7 Å². The molecule has 3 nitrogen and oxygen atoms in total. The molecule has 2 aliphatic carbocycles. The SMILES string of the molecule is Nc1ccc2c(c1)N(C(=O)C1C3CCCCC31)CC2. The predicted molar refractivity (Wildman–Crippen MR) is 75.8 cm³/mol. The van der Waals surface area contributed by atoms with Gasteiger partial charge in [0.1, 0.15) is 0 Å². The Morgan fingerprint density at radius 3 is 2.68 bits per heavy atom. The van der Waals surface area contributed by atoms with Crippen LogP contribution >= 0.6 is 0 Å². The molecule has 19 heavy (non-hydrogen) atoms. The first kappa shape index (κ1) is 11.3. The van der Waals surface area contributed by atoms with Crippen LogP contribution < -0.4 is 10.6 Å². The summed E-state index contributed by atoms with van der Waals surface area (Å²) >= 11 is 0. The maximum absolute atomic E-state index is 12.7. The average Bonchev–Trinajstić information content (AvgIpc) is 3.01. The number of hydrogen-bond donors (Lipinski definition) is 1. The number of nitrogen functional groups attached to an aromatic ring is 1. The molecule has 1 heterocycles. The molecule has 1 amide bonds.